The van der Waals surface area contributed by atoms with Gasteiger partial charge in [-0.15, -0.1) is 0 Å². The molecular weight excluding hydrogens is 410 g/mol. The van der Waals surface area contributed by atoms with Gasteiger partial charge < -0.3 is 4.90 Å². The molecule has 6 nitrogen and oxygen atoms in total. The lowest BCUT2D eigenvalue weighted by Gasteiger charge is -2.23. The van der Waals surface area contributed by atoms with Crippen LogP contribution in [-0.4, -0.2) is 15.8 Å². The van der Waals surface area contributed by atoms with Gasteiger partial charge in [-0.1, -0.05) is 22.0 Å². The van der Waals surface area contributed by atoms with E-state index in [0.717, 1.165) is 10.2 Å². The van der Waals surface area contributed by atoms with Gasteiger partial charge in [-0.3, -0.25) is 19.9 Å². The van der Waals surface area contributed by atoms with E-state index in [1.165, 1.54) is 12.1 Å². The average molecular weight is 426 g/mol. The lowest BCUT2D eigenvalue weighted by atomic mass is 10.1. The number of aromatic nitrogens is 1. The molecule has 136 valence electrons. The maximum atomic E-state index is 13.2. The predicted molar refractivity (Wildman–Crippen MR) is 107 cm³/mol. The summed E-state index contributed by atoms with van der Waals surface area (Å²) in [4.78, 5) is 29.7. The Morgan fingerprint density at radius 2 is 1.89 bits per heavy atom. The van der Waals surface area contributed by atoms with Crippen molar-refractivity contribution in [3.63, 3.8) is 0 Å². The Kier molecular flexibility index (Phi) is 5.61. The minimum absolute atomic E-state index is 0.00790. The standard InChI is InChI=1S/C20H16BrN3O3/c1-14-12-15(5-10-19(14)24(26)27)20(25)23(13-17-4-2-3-11-22-17)18-8-6-16(21)7-9-18/h2-12H,13H2,1H3. The molecule has 0 saturated carbocycles. The molecule has 0 N–H and O–H groups in total. The van der Waals surface area contributed by atoms with Gasteiger partial charge >= 0.3 is 0 Å². The first-order valence-electron chi connectivity index (χ1n) is 8.18. The highest BCUT2D eigenvalue weighted by molar-refractivity contribution is 9.10. The van der Waals surface area contributed by atoms with Crippen LogP contribution in [0.1, 0.15) is 21.6 Å². The van der Waals surface area contributed by atoms with Crippen LogP contribution >= 0.6 is 15.9 Å². The van der Waals surface area contributed by atoms with E-state index in [4.69, 9.17) is 0 Å². The van der Waals surface area contributed by atoms with E-state index < -0.39 is 4.92 Å². The zero-order valence-electron chi connectivity index (χ0n) is 14.5. The number of hydrogen-bond donors (Lipinski definition) is 0. The molecule has 0 radical (unpaired) electrons. The molecule has 0 bridgehead atoms. The van der Waals surface area contributed by atoms with Crippen molar-refractivity contribution >= 4 is 33.2 Å². The molecule has 2 aromatic carbocycles. The number of amides is 1. The topological polar surface area (TPSA) is 76.3 Å². The van der Waals surface area contributed by atoms with Crippen molar-refractivity contribution in [3.8, 4) is 0 Å². The van der Waals surface area contributed by atoms with Gasteiger partial charge in [-0.05, 0) is 55.5 Å². The van der Waals surface area contributed by atoms with E-state index in [0.29, 0.717) is 16.8 Å². The zero-order valence-corrected chi connectivity index (χ0v) is 16.1. The molecule has 27 heavy (non-hydrogen) atoms. The first kappa shape index (κ1) is 18.7. The summed E-state index contributed by atoms with van der Waals surface area (Å²) in [5, 5.41) is 11.0. The summed E-state index contributed by atoms with van der Waals surface area (Å²) in [5.41, 5.74) is 2.28. The van der Waals surface area contributed by atoms with Crippen LogP contribution in [0.5, 0.6) is 0 Å². The lowest BCUT2D eigenvalue weighted by Crippen LogP contribution is -2.30. The van der Waals surface area contributed by atoms with Crippen LogP contribution in [0.3, 0.4) is 0 Å². The van der Waals surface area contributed by atoms with Gasteiger partial charge in [0.25, 0.3) is 11.6 Å². The maximum absolute atomic E-state index is 13.2. The highest BCUT2D eigenvalue weighted by Crippen LogP contribution is 2.25. The lowest BCUT2D eigenvalue weighted by molar-refractivity contribution is -0.385. The Balaban J connectivity index is 1.99. The average Bonchev–Trinajstić information content (AvgIpc) is 2.67. The summed E-state index contributed by atoms with van der Waals surface area (Å²) in [6.07, 6.45) is 1.68. The molecule has 7 heteroatoms. The molecule has 3 aromatic rings. The summed E-state index contributed by atoms with van der Waals surface area (Å²) in [7, 11) is 0. The number of nitro groups is 1. The van der Waals surface area contributed by atoms with E-state index >= 15 is 0 Å². The molecule has 0 fully saturated rings. The fraction of sp³-hybridized carbons (Fsp3) is 0.100. The number of nitro benzene ring substituents is 1. The van der Waals surface area contributed by atoms with E-state index in [2.05, 4.69) is 20.9 Å². The van der Waals surface area contributed by atoms with Gasteiger partial charge in [-0.2, -0.15) is 0 Å². The second kappa shape index (κ2) is 8.09. The number of carbonyl (C=O) groups is 1. The molecule has 0 aliphatic carbocycles. The van der Waals surface area contributed by atoms with Crippen molar-refractivity contribution in [2.24, 2.45) is 0 Å². The van der Waals surface area contributed by atoms with Crippen LogP contribution in [0.15, 0.2) is 71.3 Å². The Morgan fingerprint density at radius 1 is 1.15 bits per heavy atom. The molecule has 1 amide bonds. The van der Waals surface area contributed by atoms with Gasteiger partial charge in [-0.25, -0.2) is 0 Å². The summed E-state index contributed by atoms with van der Waals surface area (Å²) >= 11 is 3.39. The molecule has 0 saturated heterocycles. The summed E-state index contributed by atoms with van der Waals surface area (Å²) in [5.74, 6) is -0.249. The minimum Gasteiger partial charge on any atom is -0.302 e. The van der Waals surface area contributed by atoms with Crippen molar-refractivity contribution in [1.29, 1.82) is 0 Å². The molecule has 1 aromatic heterocycles. The Bertz CT molecular complexity index is 976. The van der Waals surface area contributed by atoms with E-state index in [1.54, 1.807) is 24.1 Å². The van der Waals surface area contributed by atoms with E-state index in [-0.39, 0.29) is 18.1 Å². The van der Waals surface area contributed by atoms with E-state index in [9.17, 15) is 14.9 Å². The second-order valence-corrected chi connectivity index (χ2v) is 6.86. The number of halogens is 1. The summed E-state index contributed by atoms with van der Waals surface area (Å²) < 4.78 is 0.905. The Morgan fingerprint density at radius 3 is 2.48 bits per heavy atom. The van der Waals surface area contributed by atoms with Gasteiger partial charge in [0.2, 0.25) is 0 Å². The van der Waals surface area contributed by atoms with Crippen LogP contribution in [0.2, 0.25) is 0 Å². The molecule has 1 heterocycles. The first-order valence-corrected chi connectivity index (χ1v) is 8.97. The minimum atomic E-state index is -0.454. The Hall–Kier alpha value is -3.06. The van der Waals surface area contributed by atoms with Crippen molar-refractivity contribution < 1.29 is 9.72 Å². The number of anilines is 1. The fourth-order valence-corrected chi connectivity index (χ4v) is 2.97. The number of carbonyl (C=O) groups excluding carboxylic acids is 1. The Labute approximate surface area is 164 Å². The van der Waals surface area contributed by atoms with Gasteiger partial charge in [0.1, 0.15) is 0 Å². The van der Waals surface area contributed by atoms with Crippen LogP contribution in [-0.2, 0) is 6.54 Å². The highest BCUT2D eigenvalue weighted by atomic mass is 79.9. The third kappa shape index (κ3) is 4.38. The van der Waals surface area contributed by atoms with Crippen molar-refractivity contribution in [2.45, 2.75) is 13.5 Å². The van der Waals surface area contributed by atoms with Crippen LogP contribution in [0, 0.1) is 17.0 Å². The number of benzene rings is 2. The summed E-state index contributed by atoms with van der Waals surface area (Å²) in [6.45, 7) is 1.91. The van der Waals surface area contributed by atoms with Crippen LogP contribution in [0.4, 0.5) is 11.4 Å². The van der Waals surface area contributed by atoms with Crippen molar-refractivity contribution in [3.05, 3.63) is 98.3 Å². The largest absolute Gasteiger partial charge is 0.302 e. The fourth-order valence-electron chi connectivity index (χ4n) is 2.70. The van der Waals surface area contributed by atoms with E-state index in [1.807, 2.05) is 42.5 Å². The number of nitrogens with zero attached hydrogens (tertiary/aromatic N) is 3. The smallest absolute Gasteiger partial charge is 0.272 e. The highest BCUT2D eigenvalue weighted by Gasteiger charge is 2.21. The molecule has 3 rings (SSSR count). The number of hydrogen-bond acceptors (Lipinski definition) is 4. The SMILES string of the molecule is Cc1cc(C(=O)N(Cc2ccccn2)c2ccc(Br)cc2)ccc1[N+](=O)[O-]. The molecular formula is C20H16BrN3O3. The second-order valence-electron chi connectivity index (χ2n) is 5.95. The van der Waals surface area contributed by atoms with Gasteiger partial charge in [0, 0.05) is 33.6 Å². The molecule has 0 aliphatic rings. The molecule has 0 atom stereocenters. The van der Waals surface area contributed by atoms with Crippen molar-refractivity contribution in [2.75, 3.05) is 4.90 Å². The summed E-state index contributed by atoms with van der Waals surface area (Å²) in [6, 6.07) is 17.3. The maximum Gasteiger partial charge on any atom is 0.272 e. The van der Waals surface area contributed by atoms with Gasteiger partial charge in [0.05, 0.1) is 17.2 Å². The third-order valence-corrected chi connectivity index (χ3v) is 4.60. The predicted octanol–water partition coefficient (Wildman–Crippen LogP) is 4.91. The number of aryl methyl sites for hydroxylation is 1. The third-order valence-electron chi connectivity index (χ3n) is 4.07. The molecule has 0 spiro atoms. The van der Waals surface area contributed by atoms with Crippen LogP contribution in [0.25, 0.3) is 0 Å². The molecule has 0 unspecified atom stereocenters. The number of pyridine rings is 1. The molecule has 0 aliphatic heterocycles. The monoisotopic (exact) mass is 425 g/mol. The first-order chi connectivity index (χ1) is 13.0. The van der Waals surface area contributed by atoms with Crippen molar-refractivity contribution in [1.82, 2.24) is 4.98 Å². The van der Waals surface area contributed by atoms with Crippen LogP contribution < -0.4 is 4.90 Å². The normalized spacial score (nSPS) is 10.4. The van der Waals surface area contributed by atoms with Gasteiger partial charge in [0.15, 0.2) is 0 Å². The quantitative estimate of drug-likeness (QED) is 0.429. The number of rotatable bonds is 5. The zero-order chi connectivity index (χ0) is 19.4.